The van der Waals surface area contributed by atoms with Crippen LogP contribution in [0.1, 0.15) is 13.8 Å². The lowest BCUT2D eigenvalue weighted by Crippen LogP contribution is -2.03. The minimum atomic E-state index is 0.572. The van der Waals surface area contributed by atoms with Crippen molar-refractivity contribution in [3.8, 4) is 0 Å². The standard InChI is InChI=1S/C12H18O2/c1-9(2)5-13-6-10(3)12-8-14-7-11(12)4/h1,3,5-8H2,2,4H3. The topological polar surface area (TPSA) is 18.5 Å². The third-order valence-electron chi connectivity index (χ3n) is 2.13. The summed E-state index contributed by atoms with van der Waals surface area (Å²) in [6.07, 6.45) is 0. The molecule has 0 fully saturated rings. The van der Waals surface area contributed by atoms with Crippen molar-refractivity contribution < 1.29 is 9.47 Å². The molecule has 0 atom stereocenters. The summed E-state index contributed by atoms with van der Waals surface area (Å²) in [6.45, 7) is 14.4. The van der Waals surface area contributed by atoms with Gasteiger partial charge in [0, 0.05) is 0 Å². The third-order valence-corrected chi connectivity index (χ3v) is 2.13. The Morgan fingerprint density at radius 3 is 2.57 bits per heavy atom. The van der Waals surface area contributed by atoms with Crippen LogP contribution in [0.5, 0.6) is 0 Å². The lowest BCUT2D eigenvalue weighted by Gasteiger charge is -2.08. The first-order chi connectivity index (χ1) is 6.61. The van der Waals surface area contributed by atoms with Gasteiger partial charge >= 0.3 is 0 Å². The molecule has 1 aliphatic rings. The highest BCUT2D eigenvalue weighted by atomic mass is 16.5. The van der Waals surface area contributed by atoms with Crippen molar-refractivity contribution in [1.29, 1.82) is 0 Å². The smallest absolute Gasteiger partial charge is 0.0724 e. The van der Waals surface area contributed by atoms with Gasteiger partial charge in [0.25, 0.3) is 0 Å². The van der Waals surface area contributed by atoms with E-state index in [0.717, 1.165) is 17.8 Å². The molecule has 0 aromatic heterocycles. The highest BCUT2D eigenvalue weighted by Gasteiger charge is 2.13. The molecular formula is C12H18O2. The van der Waals surface area contributed by atoms with E-state index in [1.165, 1.54) is 11.1 Å². The van der Waals surface area contributed by atoms with Crippen LogP contribution in [0.15, 0.2) is 35.5 Å². The maximum absolute atomic E-state index is 5.43. The van der Waals surface area contributed by atoms with E-state index in [9.17, 15) is 0 Å². The molecule has 0 N–H and O–H groups in total. The van der Waals surface area contributed by atoms with Gasteiger partial charge in [-0.25, -0.2) is 0 Å². The van der Waals surface area contributed by atoms with Gasteiger partial charge in [-0.1, -0.05) is 18.7 Å². The molecule has 0 aromatic rings. The lowest BCUT2D eigenvalue weighted by atomic mass is 10.1. The zero-order valence-electron chi connectivity index (χ0n) is 9.06. The second-order valence-corrected chi connectivity index (χ2v) is 3.81. The molecule has 0 amide bonds. The molecule has 78 valence electrons. The van der Waals surface area contributed by atoms with Crippen LogP contribution in [0.4, 0.5) is 0 Å². The molecular weight excluding hydrogens is 176 g/mol. The molecule has 14 heavy (non-hydrogen) atoms. The van der Waals surface area contributed by atoms with Gasteiger partial charge in [0.05, 0.1) is 26.4 Å². The number of rotatable bonds is 5. The largest absolute Gasteiger partial charge is 0.372 e. The Labute approximate surface area is 85.9 Å². The van der Waals surface area contributed by atoms with Gasteiger partial charge in [0.1, 0.15) is 0 Å². The summed E-state index contributed by atoms with van der Waals surface area (Å²) in [5.41, 5.74) is 4.55. The Bertz CT molecular complexity index is 274. The van der Waals surface area contributed by atoms with Crippen LogP contribution in [-0.4, -0.2) is 26.4 Å². The highest BCUT2D eigenvalue weighted by Crippen LogP contribution is 2.20. The van der Waals surface area contributed by atoms with E-state index in [2.05, 4.69) is 20.1 Å². The van der Waals surface area contributed by atoms with Crippen molar-refractivity contribution in [2.45, 2.75) is 13.8 Å². The number of hydrogen-bond acceptors (Lipinski definition) is 2. The Balaban J connectivity index is 2.35. The SMILES string of the molecule is C=C(C)COCC(=C)C1=C(C)COC1. The van der Waals surface area contributed by atoms with E-state index in [-0.39, 0.29) is 0 Å². The summed E-state index contributed by atoms with van der Waals surface area (Å²) in [5, 5.41) is 0. The van der Waals surface area contributed by atoms with E-state index < -0.39 is 0 Å². The third kappa shape index (κ3) is 3.13. The predicted molar refractivity (Wildman–Crippen MR) is 58.3 cm³/mol. The molecule has 0 saturated heterocycles. The van der Waals surface area contributed by atoms with Crippen LogP contribution in [0.2, 0.25) is 0 Å². The van der Waals surface area contributed by atoms with Crippen LogP contribution in [0, 0.1) is 0 Å². The molecule has 2 nitrogen and oxygen atoms in total. The highest BCUT2D eigenvalue weighted by molar-refractivity contribution is 5.36. The van der Waals surface area contributed by atoms with Crippen LogP contribution >= 0.6 is 0 Å². The van der Waals surface area contributed by atoms with Gasteiger partial charge in [-0.05, 0) is 30.6 Å². The molecule has 2 heteroatoms. The summed E-state index contributed by atoms with van der Waals surface area (Å²) >= 11 is 0. The molecule has 1 aliphatic heterocycles. The van der Waals surface area contributed by atoms with Crippen LogP contribution in [-0.2, 0) is 9.47 Å². The minimum Gasteiger partial charge on any atom is -0.372 e. The maximum Gasteiger partial charge on any atom is 0.0724 e. The Kier molecular flexibility index (Phi) is 4.11. The average molecular weight is 194 g/mol. The first-order valence-electron chi connectivity index (χ1n) is 4.78. The fraction of sp³-hybridized carbons (Fsp3) is 0.500. The second kappa shape index (κ2) is 5.13. The molecule has 1 rings (SSSR count). The minimum absolute atomic E-state index is 0.572. The van der Waals surface area contributed by atoms with Crippen molar-refractivity contribution >= 4 is 0 Å². The van der Waals surface area contributed by atoms with Crippen LogP contribution in [0.25, 0.3) is 0 Å². The van der Waals surface area contributed by atoms with E-state index in [0.29, 0.717) is 19.8 Å². The zero-order chi connectivity index (χ0) is 10.6. The monoisotopic (exact) mass is 194 g/mol. The first kappa shape index (κ1) is 11.2. The van der Waals surface area contributed by atoms with Gasteiger partial charge in [0.2, 0.25) is 0 Å². The molecule has 0 aromatic carbocycles. The summed E-state index contributed by atoms with van der Waals surface area (Å²) in [4.78, 5) is 0. The molecule has 0 spiro atoms. The Hall–Kier alpha value is -0.860. The Morgan fingerprint density at radius 2 is 2.07 bits per heavy atom. The molecule has 1 heterocycles. The van der Waals surface area contributed by atoms with E-state index >= 15 is 0 Å². The maximum atomic E-state index is 5.43. The number of ether oxygens (including phenoxy) is 2. The van der Waals surface area contributed by atoms with Gasteiger partial charge in [-0.2, -0.15) is 0 Å². The zero-order valence-corrected chi connectivity index (χ0v) is 9.06. The number of hydrogen-bond donors (Lipinski definition) is 0. The first-order valence-corrected chi connectivity index (χ1v) is 4.78. The van der Waals surface area contributed by atoms with Crippen molar-refractivity contribution in [1.82, 2.24) is 0 Å². The van der Waals surface area contributed by atoms with Crippen molar-refractivity contribution in [2.75, 3.05) is 26.4 Å². The van der Waals surface area contributed by atoms with Gasteiger partial charge in [-0.15, -0.1) is 0 Å². The normalized spacial score (nSPS) is 16.1. The van der Waals surface area contributed by atoms with E-state index in [1.807, 2.05) is 6.92 Å². The van der Waals surface area contributed by atoms with Gasteiger partial charge < -0.3 is 9.47 Å². The molecule has 0 bridgehead atoms. The molecule has 0 saturated carbocycles. The summed E-state index contributed by atoms with van der Waals surface area (Å²) in [5.74, 6) is 0. The summed E-state index contributed by atoms with van der Waals surface area (Å²) in [6, 6.07) is 0. The van der Waals surface area contributed by atoms with E-state index in [4.69, 9.17) is 9.47 Å². The van der Waals surface area contributed by atoms with Gasteiger partial charge in [0.15, 0.2) is 0 Å². The van der Waals surface area contributed by atoms with Crippen molar-refractivity contribution in [2.24, 2.45) is 0 Å². The van der Waals surface area contributed by atoms with E-state index in [1.54, 1.807) is 0 Å². The fourth-order valence-electron chi connectivity index (χ4n) is 1.36. The molecule has 0 aliphatic carbocycles. The predicted octanol–water partition coefficient (Wildman–Crippen LogP) is 2.48. The summed E-state index contributed by atoms with van der Waals surface area (Å²) in [7, 11) is 0. The molecule has 0 unspecified atom stereocenters. The lowest BCUT2D eigenvalue weighted by molar-refractivity contribution is 0.177. The van der Waals surface area contributed by atoms with Crippen molar-refractivity contribution in [3.05, 3.63) is 35.5 Å². The van der Waals surface area contributed by atoms with Gasteiger partial charge in [-0.3, -0.25) is 0 Å². The second-order valence-electron chi connectivity index (χ2n) is 3.81. The average Bonchev–Trinajstić information content (AvgIpc) is 2.50. The van der Waals surface area contributed by atoms with Crippen LogP contribution < -0.4 is 0 Å². The van der Waals surface area contributed by atoms with Crippen molar-refractivity contribution in [3.63, 3.8) is 0 Å². The fourth-order valence-corrected chi connectivity index (χ4v) is 1.36. The van der Waals surface area contributed by atoms with Crippen LogP contribution in [0.3, 0.4) is 0 Å². The quantitative estimate of drug-likeness (QED) is 0.626. The molecule has 0 radical (unpaired) electrons. The summed E-state index contributed by atoms with van der Waals surface area (Å²) < 4.78 is 10.7. The Morgan fingerprint density at radius 1 is 1.36 bits per heavy atom.